The van der Waals surface area contributed by atoms with Gasteiger partial charge in [0.25, 0.3) is 5.91 Å². The quantitative estimate of drug-likeness (QED) is 0.632. The van der Waals surface area contributed by atoms with Gasteiger partial charge in [-0.05, 0) is 36.8 Å². The number of carbonyl (C=O) groups excluding carboxylic acids is 1. The number of benzene rings is 1. The van der Waals surface area contributed by atoms with E-state index >= 15 is 0 Å². The normalized spacial score (nSPS) is 10.5. The number of nitrogens with one attached hydrogen (secondary N) is 1. The summed E-state index contributed by atoms with van der Waals surface area (Å²) in [7, 11) is 4.55. The molecule has 3 rings (SSSR count). The third-order valence-electron chi connectivity index (χ3n) is 4.07. The molecule has 0 saturated carbocycles. The maximum Gasteiger partial charge on any atom is 0.255 e. The van der Waals surface area contributed by atoms with Crippen LogP contribution >= 0.6 is 11.3 Å². The summed E-state index contributed by atoms with van der Waals surface area (Å²) in [6.45, 7) is 0.516. The van der Waals surface area contributed by atoms with Crippen LogP contribution in [-0.2, 0) is 6.42 Å². The second kappa shape index (κ2) is 8.64. The highest BCUT2D eigenvalue weighted by atomic mass is 32.1. The van der Waals surface area contributed by atoms with E-state index in [-0.39, 0.29) is 5.91 Å². The number of hydrogen-bond donors (Lipinski definition) is 1. The maximum atomic E-state index is 12.6. The zero-order valence-electron chi connectivity index (χ0n) is 15.4. The first-order valence-electron chi connectivity index (χ1n) is 8.36. The fourth-order valence-electron chi connectivity index (χ4n) is 2.75. The fraction of sp³-hybridized carbons (Fsp3) is 0.250. The molecule has 1 amide bonds. The van der Waals surface area contributed by atoms with Crippen LogP contribution in [0, 0.1) is 0 Å². The molecule has 27 heavy (non-hydrogen) atoms. The Hall–Kier alpha value is -2.93. The third kappa shape index (κ3) is 4.09. The van der Waals surface area contributed by atoms with Crippen molar-refractivity contribution in [2.75, 3.05) is 27.9 Å². The molecule has 0 radical (unpaired) electrons. The summed E-state index contributed by atoms with van der Waals surface area (Å²) in [4.78, 5) is 14.9. The van der Waals surface area contributed by atoms with Gasteiger partial charge in [0, 0.05) is 21.9 Å². The Kier molecular flexibility index (Phi) is 6.03. The molecule has 2 heterocycles. The minimum absolute atomic E-state index is 0.223. The molecule has 0 aliphatic rings. The predicted molar refractivity (Wildman–Crippen MR) is 104 cm³/mol. The van der Waals surface area contributed by atoms with Gasteiger partial charge >= 0.3 is 0 Å². The summed E-state index contributed by atoms with van der Waals surface area (Å²) in [5.41, 5.74) is 1.46. The van der Waals surface area contributed by atoms with E-state index in [1.807, 2.05) is 6.07 Å². The van der Waals surface area contributed by atoms with Crippen molar-refractivity contribution in [1.29, 1.82) is 0 Å². The molecule has 0 bridgehead atoms. The van der Waals surface area contributed by atoms with Gasteiger partial charge in [0.15, 0.2) is 11.5 Å². The molecule has 0 unspecified atom stereocenters. The van der Waals surface area contributed by atoms with Crippen molar-refractivity contribution in [3.05, 3.63) is 53.3 Å². The SMILES string of the molecule is COc1ccc(C(=O)NCCc2ccc(-c3ccoc3)s2)c(OC)c1OC. The number of methoxy groups -OCH3 is 3. The molecule has 1 aromatic carbocycles. The topological polar surface area (TPSA) is 69.9 Å². The molecular weight excluding hydrogens is 366 g/mol. The van der Waals surface area contributed by atoms with Gasteiger partial charge in [0.2, 0.25) is 5.75 Å². The minimum atomic E-state index is -0.223. The number of carbonyl (C=O) groups is 1. The average Bonchev–Trinajstić information content (AvgIpc) is 3.38. The largest absolute Gasteiger partial charge is 0.493 e. The summed E-state index contributed by atoms with van der Waals surface area (Å²) in [6, 6.07) is 9.41. The van der Waals surface area contributed by atoms with Crippen LogP contribution in [0.25, 0.3) is 10.4 Å². The van der Waals surface area contributed by atoms with Crippen molar-refractivity contribution in [2.45, 2.75) is 6.42 Å². The Labute approximate surface area is 161 Å². The Balaban J connectivity index is 1.64. The molecule has 2 aromatic heterocycles. The van der Waals surface area contributed by atoms with Gasteiger partial charge in [0.1, 0.15) is 0 Å². The van der Waals surface area contributed by atoms with E-state index in [0.29, 0.717) is 29.4 Å². The molecule has 0 spiro atoms. The smallest absolute Gasteiger partial charge is 0.255 e. The summed E-state index contributed by atoms with van der Waals surface area (Å²) in [5, 5.41) is 2.93. The third-order valence-corrected chi connectivity index (χ3v) is 5.27. The molecule has 0 saturated heterocycles. The van der Waals surface area contributed by atoms with Gasteiger partial charge in [-0.3, -0.25) is 4.79 Å². The number of hydrogen-bond acceptors (Lipinski definition) is 6. The molecular formula is C20H21NO5S. The fourth-order valence-corrected chi connectivity index (χ4v) is 3.74. The van der Waals surface area contributed by atoms with Crippen molar-refractivity contribution >= 4 is 17.2 Å². The van der Waals surface area contributed by atoms with Crippen LogP contribution in [0.5, 0.6) is 17.2 Å². The van der Waals surface area contributed by atoms with Gasteiger partial charge in [-0.15, -0.1) is 11.3 Å². The number of ether oxygens (including phenoxy) is 3. The summed E-state index contributed by atoms with van der Waals surface area (Å²) < 4.78 is 21.1. The van der Waals surface area contributed by atoms with Gasteiger partial charge in [-0.25, -0.2) is 0 Å². The van der Waals surface area contributed by atoms with Crippen LogP contribution < -0.4 is 19.5 Å². The molecule has 0 fully saturated rings. The lowest BCUT2D eigenvalue weighted by Gasteiger charge is -2.15. The lowest BCUT2D eigenvalue weighted by Crippen LogP contribution is -2.26. The summed E-state index contributed by atoms with van der Waals surface area (Å²) in [5.74, 6) is 1.04. The Morgan fingerprint density at radius 3 is 2.52 bits per heavy atom. The zero-order valence-corrected chi connectivity index (χ0v) is 16.2. The summed E-state index contributed by atoms with van der Waals surface area (Å²) >= 11 is 1.68. The Bertz CT molecular complexity index is 901. The van der Waals surface area contributed by atoms with Crippen LogP contribution in [-0.4, -0.2) is 33.8 Å². The molecule has 1 N–H and O–H groups in total. The zero-order chi connectivity index (χ0) is 19.2. The molecule has 6 nitrogen and oxygen atoms in total. The first kappa shape index (κ1) is 18.8. The van der Waals surface area contributed by atoms with Gasteiger partial charge in [0.05, 0.1) is 39.4 Å². The van der Waals surface area contributed by atoms with Crippen LogP contribution in [0.15, 0.2) is 47.3 Å². The Morgan fingerprint density at radius 2 is 1.85 bits per heavy atom. The standard InChI is InChI=1S/C20H21NO5S/c1-23-16-6-5-15(18(24-2)19(16)25-3)20(22)21-10-8-14-4-7-17(27-14)13-9-11-26-12-13/h4-7,9,11-12H,8,10H2,1-3H3,(H,21,22). The van der Waals surface area contributed by atoms with Crippen molar-refractivity contribution in [1.82, 2.24) is 5.32 Å². The maximum absolute atomic E-state index is 12.6. The lowest BCUT2D eigenvalue weighted by molar-refractivity contribution is 0.0950. The van der Waals surface area contributed by atoms with Gasteiger partial charge < -0.3 is 23.9 Å². The average molecular weight is 387 g/mol. The monoisotopic (exact) mass is 387 g/mol. The van der Waals surface area contributed by atoms with Crippen molar-refractivity contribution in [3.8, 4) is 27.7 Å². The van der Waals surface area contributed by atoms with Gasteiger partial charge in [-0.1, -0.05) is 0 Å². The van der Waals surface area contributed by atoms with E-state index in [4.69, 9.17) is 18.6 Å². The van der Waals surface area contributed by atoms with E-state index < -0.39 is 0 Å². The summed E-state index contributed by atoms with van der Waals surface area (Å²) in [6.07, 6.45) is 4.12. The van der Waals surface area contributed by atoms with E-state index in [1.54, 1.807) is 36.0 Å². The van der Waals surface area contributed by atoms with E-state index in [9.17, 15) is 4.79 Å². The van der Waals surface area contributed by atoms with E-state index in [2.05, 4.69) is 17.4 Å². The van der Waals surface area contributed by atoms with E-state index in [1.165, 1.54) is 26.2 Å². The molecule has 142 valence electrons. The number of furan rings is 1. The molecule has 0 aliphatic heterocycles. The van der Waals surface area contributed by atoms with Crippen LogP contribution in [0.2, 0.25) is 0 Å². The van der Waals surface area contributed by atoms with Crippen LogP contribution in [0.3, 0.4) is 0 Å². The second-order valence-corrected chi connectivity index (χ2v) is 6.83. The number of thiophene rings is 1. The predicted octanol–water partition coefficient (Wildman–Crippen LogP) is 4.01. The first-order valence-corrected chi connectivity index (χ1v) is 9.18. The lowest BCUT2D eigenvalue weighted by atomic mass is 10.1. The molecule has 0 aliphatic carbocycles. The van der Waals surface area contributed by atoms with E-state index in [0.717, 1.165) is 16.9 Å². The first-order chi connectivity index (χ1) is 13.2. The minimum Gasteiger partial charge on any atom is -0.493 e. The van der Waals surface area contributed by atoms with Crippen molar-refractivity contribution < 1.29 is 23.4 Å². The van der Waals surface area contributed by atoms with Crippen molar-refractivity contribution in [3.63, 3.8) is 0 Å². The molecule has 0 atom stereocenters. The molecule has 3 aromatic rings. The highest BCUT2D eigenvalue weighted by Crippen LogP contribution is 2.39. The number of rotatable bonds is 8. The highest BCUT2D eigenvalue weighted by Gasteiger charge is 2.20. The number of amides is 1. The van der Waals surface area contributed by atoms with Crippen LogP contribution in [0.4, 0.5) is 0 Å². The molecule has 7 heteroatoms. The van der Waals surface area contributed by atoms with Gasteiger partial charge in [-0.2, -0.15) is 0 Å². The second-order valence-electron chi connectivity index (χ2n) is 5.67. The van der Waals surface area contributed by atoms with Crippen LogP contribution in [0.1, 0.15) is 15.2 Å². The highest BCUT2D eigenvalue weighted by molar-refractivity contribution is 7.15. The Morgan fingerprint density at radius 1 is 1.04 bits per heavy atom. The van der Waals surface area contributed by atoms with Crippen molar-refractivity contribution in [2.24, 2.45) is 0 Å².